The lowest BCUT2D eigenvalue weighted by Gasteiger charge is -2.14. The summed E-state index contributed by atoms with van der Waals surface area (Å²) in [7, 11) is 0. The summed E-state index contributed by atoms with van der Waals surface area (Å²) in [5.41, 5.74) is 6.28. The molecule has 1 aliphatic heterocycles. The number of likely N-dealkylation sites (tertiary alicyclic amines) is 1. The van der Waals surface area contributed by atoms with E-state index in [-0.39, 0.29) is 5.69 Å². The first-order valence-electron chi connectivity index (χ1n) is 12.0. The van der Waals surface area contributed by atoms with Crippen LogP contribution < -0.4 is 0 Å². The molecular weight excluding hydrogens is 457 g/mol. The van der Waals surface area contributed by atoms with Gasteiger partial charge >= 0.3 is 0 Å². The van der Waals surface area contributed by atoms with Crippen LogP contribution in [0.5, 0.6) is 0 Å². The summed E-state index contributed by atoms with van der Waals surface area (Å²) in [6.45, 7) is 2.97. The van der Waals surface area contributed by atoms with Crippen molar-refractivity contribution < 1.29 is 8.81 Å². The minimum absolute atomic E-state index is 0.246. The minimum Gasteiger partial charge on any atom is -0.472 e. The third kappa shape index (κ3) is 3.47. The number of hydrogen-bond acceptors (Lipinski definition) is 6. The molecule has 9 heteroatoms. The average Bonchev–Trinajstić information content (AvgIpc) is 3.70. The molecule has 8 nitrogen and oxygen atoms in total. The Labute approximate surface area is 205 Å². The first kappa shape index (κ1) is 21.0. The Balaban J connectivity index is 1.32. The van der Waals surface area contributed by atoms with Crippen LogP contribution in [0.4, 0.5) is 4.39 Å². The standard InChI is InChI=1S/C27H22FN7O/c28-23-22-21(13-30-24(23)18-10-16(11-29-12-18)14-35-7-1-2-8-35)33-34-26(22)27-31-20-5-3-4-19(25(20)32-27)17-6-9-36-15-17/h3-6,9-13,15H,1-2,7-8,14H2,(H,31,32)(H,33,34). The fraction of sp³-hybridized carbons (Fsp3) is 0.185. The number of para-hydroxylation sites is 1. The summed E-state index contributed by atoms with van der Waals surface area (Å²) in [6.07, 6.45) is 10.8. The average molecular weight is 480 g/mol. The third-order valence-electron chi connectivity index (χ3n) is 6.79. The number of rotatable bonds is 5. The Hall–Kier alpha value is -4.37. The predicted octanol–water partition coefficient (Wildman–Crippen LogP) is 5.56. The highest BCUT2D eigenvalue weighted by molar-refractivity contribution is 5.98. The van der Waals surface area contributed by atoms with Gasteiger partial charge in [-0.25, -0.2) is 9.37 Å². The van der Waals surface area contributed by atoms with Gasteiger partial charge in [0, 0.05) is 35.6 Å². The number of nitrogens with zero attached hydrogens (tertiary/aromatic N) is 5. The molecule has 0 amide bonds. The number of aromatic nitrogens is 6. The molecule has 0 unspecified atom stereocenters. The highest BCUT2D eigenvalue weighted by atomic mass is 19.1. The lowest BCUT2D eigenvalue weighted by atomic mass is 10.1. The number of aromatic amines is 2. The van der Waals surface area contributed by atoms with Gasteiger partial charge in [-0.3, -0.25) is 20.0 Å². The Morgan fingerprint density at radius 1 is 1.00 bits per heavy atom. The molecule has 6 aromatic rings. The quantitative estimate of drug-likeness (QED) is 0.336. The maximum Gasteiger partial charge on any atom is 0.161 e. The number of halogens is 1. The van der Waals surface area contributed by atoms with E-state index < -0.39 is 5.82 Å². The van der Waals surface area contributed by atoms with E-state index in [0.29, 0.717) is 28.0 Å². The number of benzene rings is 1. The van der Waals surface area contributed by atoms with Crippen molar-refractivity contribution in [2.24, 2.45) is 0 Å². The van der Waals surface area contributed by atoms with Crippen LogP contribution in [0.25, 0.3) is 55.8 Å². The zero-order valence-electron chi connectivity index (χ0n) is 19.3. The van der Waals surface area contributed by atoms with Gasteiger partial charge in [0.05, 0.1) is 40.7 Å². The molecule has 6 heterocycles. The van der Waals surface area contributed by atoms with Crippen molar-refractivity contribution in [2.75, 3.05) is 13.1 Å². The molecule has 1 saturated heterocycles. The molecule has 0 aliphatic carbocycles. The van der Waals surface area contributed by atoms with Crippen LogP contribution in [0.15, 0.2) is 65.9 Å². The number of hydrogen-bond donors (Lipinski definition) is 2. The van der Waals surface area contributed by atoms with Gasteiger partial charge in [0.15, 0.2) is 11.6 Å². The predicted molar refractivity (Wildman–Crippen MR) is 134 cm³/mol. The van der Waals surface area contributed by atoms with Crippen molar-refractivity contribution in [3.05, 3.63) is 72.8 Å². The maximum atomic E-state index is 16.0. The number of fused-ring (bicyclic) bond motifs is 2. The molecule has 0 saturated carbocycles. The zero-order valence-corrected chi connectivity index (χ0v) is 19.3. The topological polar surface area (TPSA) is 99.5 Å². The van der Waals surface area contributed by atoms with Crippen LogP contribution in [-0.4, -0.2) is 48.1 Å². The Bertz CT molecular complexity index is 1700. The number of imidazole rings is 1. The second-order valence-electron chi connectivity index (χ2n) is 9.15. The molecule has 0 spiro atoms. The number of furan rings is 1. The van der Waals surface area contributed by atoms with Gasteiger partial charge in [-0.15, -0.1) is 0 Å². The first-order valence-corrected chi connectivity index (χ1v) is 12.0. The zero-order chi connectivity index (χ0) is 24.1. The number of nitrogens with one attached hydrogen (secondary N) is 2. The molecule has 1 fully saturated rings. The van der Waals surface area contributed by atoms with Crippen LogP contribution in [0.2, 0.25) is 0 Å². The van der Waals surface area contributed by atoms with Crippen molar-refractivity contribution in [3.8, 4) is 33.9 Å². The fourth-order valence-corrected chi connectivity index (χ4v) is 5.05. The Kier molecular flexibility index (Phi) is 4.88. The lowest BCUT2D eigenvalue weighted by molar-refractivity contribution is 0.331. The van der Waals surface area contributed by atoms with E-state index in [9.17, 15) is 0 Å². The normalized spacial score (nSPS) is 14.4. The molecular formula is C27H22FN7O. The second-order valence-corrected chi connectivity index (χ2v) is 9.15. The number of pyridine rings is 2. The van der Waals surface area contributed by atoms with Crippen molar-refractivity contribution in [2.45, 2.75) is 19.4 Å². The van der Waals surface area contributed by atoms with Gasteiger partial charge in [-0.2, -0.15) is 5.10 Å². The van der Waals surface area contributed by atoms with Gasteiger partial charge in [0.2, 0.25) is 0 Å². The van der Waals surface area contributed by atoms with Crippen LogP contribution >= 0.6 is 0 Å². The van der Waals surface area contributed by atoms with Gasteiger partial charge in [-0.05, 0) is 49.7 Å². The van der Waals surface area contributed by atoms with Gasteiger partial charge in [-0.1, -0.05) is 12.1 Å². The second kappa shape index (κ2) is 8.39. The molecule has 1 aliphatic rings. The fourth-order valence-electron chi connectivity index (χ4n) is 5.05. The van der Waals surface area contributed by atoms with E-state index >= 15 is 4.39 Å². The van der Waals surface area contributed by atoms with E-state index in [1.54, 1.807) is 24.9 Å². The largest absolute Gasteiger partial charge is 0.472 e. The highest BCUT2D eigenvalue weighted by Crippen LogP contribution is 2.34. The Morgan fingerprint density at radius 3 is 2.78 bits per heavy atom. The van der Waals surface area contributed by atoms with Gasteiger partial charge in [0.25, 0.3) is 0 Å². The van der Waals surface area contributed by atoms with Crippen molar-refractivity contribution in [1.82, 2.24) is 35.0 Å². The smallest absolute Gasteiger partial charge is 0.161 e. The highest BCUT2D eigenvalue weighted by Gasteiger charge is 2.22. The van der Waals surface area contributed by atoms with E-state index in [2.05, 4.69) is 30.0 Å². The van der Waals surface area contributed by atoms with Gasteiger partial charge in [0.1, 0.15) is 11.4 Å². The molecule has 0 radical (unpaired) electrons. The van der Waals surface area contributed by atoms with Crippen molar-refractivity contribution in [3.63, 3.8) is 0 Å². The summed E-state index contributed by atoms with van der Waals surface area (Å²) in [5.74, 6) is 0.0241. The van der Waals surface area contributed by atoms with Gasteiger partial charge < -0.3 is 9.40 Å². The molecule has 1 aromatic carbocycles. The summed E-state index contributed by atoms with van der Waals surface area (Å²) < 4.78 is 21.3. The van der Waals surface area contributed by atoms with Crippen LogP contribution in [0.3, 0.4) is 0 Å². The molecule has 2 N–H and O–H groups in total. The summed E-state index contributed by atoms with van der Waals surface area (Å²) in [4.78, 5) is 19.3. The van der Waals surface area contributed by atoms with Crippen molar-refractivity contribution in [1.29, 1.82) is 0 Å². The van der Waals surface area contributed by atoms with E-state index in [1.807, 2.05) is 36.5 Å². The van der Waals surface area contributed by atoms with Crippen molar-refractivity contribution >= 4 is 21.9 Å². The van der Waals surface area contributed by atoms with Crippen LogP contribution in [0, 0.1) is 5.82 Å². The minimum atomic E-state index is -0.452. The third-order valence-corrected chi connectivity index (χ3v) is 6.79. The molecule has 36 heavy (non-hydrogen) atoms. The summed E-state index contributed by atoms with van der Waals surface area (Å²) in [5, 5.41) is 7.64. The summed E-state index contributed by atoms with van der Waals surface area (Å²) in [6, 6.07) is 9.72. The van der Waals surface area contributed by atoms with E-state index in [4.69, 9.17) is 9.40 Å². The molecule has 0 bridgehead atoms. The van der Waals surface area contributed by atoms with E-state index in [1.165, 1.54) is 12.8 Å². The monoisotopic (exact) mass is 479 g/mol. The molecule has 0 atom stereocenters. The lowest BCUT2D eigenvalue weighted by Crippen LogP contribution is -2.18. The van der Waals surface area contributed by atoms with E-state index in [0.717, 1.165) is 47.4 Å². The SMILES string of the molecule is Fc1c(-c2cncc(CN3CCCC3)c2)ncc2[nH]nc(-c3nc4c(-c5ccoc5)cccc4[nH]3)c12. The summed E-state index contributed by atoms with van der Waals surface area (Å²) >= 11 is 0. The first-order chi connectivity index (χ1) is 17.7. The van der Waals surface area contributed by atoms with Crippen LogP contribution in [0.1, 0.15) is 18.4 Å². The number of H-pyrrole nitrogens is 2. The molecule has 178 valence electrons. The molecule has 5 aromatic heterocycles. The maximum absolute atomic E-state index is 16.0. The molecule has 7 rings (SSSR count). The van der Waals surface area contributed by atoms with Crippen LogP contribution in [-0.2, 0) is 6.54 Å². The Morgan fingerprint density at radius 2 is 1.92 bits per heavy atom.